The summed E-state index contributed by atoms with van der Waals surface area (Å²) in [6.07, 6.45) is 4.03. The molecule has 1 aliphatic carbocycles. The van der Waals surface area contributed by atoms with Crippen molar-refractivity contribution >= 4 is 15.9 Å². The topological polar surface area (TPSA) is 37.8 Å². The van der Waals surface area contributed by atoms with Gasteiger partial charge < -0.3 is 0 Å². The van der Waals surface area contributed by atoms with Gasteiger partial charge in [-0.1, -0.05) is 12.8 Å². The Kier molecular flexibility index (Phi) is 3.69. The van der Waals surface area contributed by atoms with E-state index in [1.807, 2.05) is 0 Å². The number of nitrogens with zero attached hydrogens (tertiary/aromatic N) is 1. The van der Waals surface area contributed by atoms with Crippen molar-refractivity contribution in [3.8, 4) is 5.69 Å². The van der Waals surface area contributed by atoms with Gasteiger partial charge in [0.25, 0.3) is 5.56 Å². The summed E-state index contributed by atoms with van der Waals surface area (Å²) in [4.78, 5) is 12.2. The fourth-order valence-corrected chi connectivity index (χ4v) is 3.36. The van der Waals surface area contributed by atoms with E-state index < -0.39 is 23.0 Å². The Hall–Kier alpha value is -1.50. The summed E-state index contributed by atoms with van der Waals surface area (Å²) in [6.45, 7) is 0. The van der Waals surface area contributed by atoms with E-state index in [1.54, 1.807) is 0 Å². The third-order valence-electron chi connectivity index (χ3n) is 3.85. The Balaban J connectivity index is 2.13. The van der Waals surface area contributed by atoms with E-state index in [-0.39, 0.29) is 11.6 Å². The van der Waals surface area contributed by atoms with Crippen molar-refractivity contribution in [3.05, 3.63) is 50.1 Å². The molecule has 1 aliphatic rings. The molecular formula is C14H12BrF3N2O. The van der Waals surface area contributed by atoms with E-state index >= 15 is 0 Å². The maximum atomic E-state index is 13.8. The highest BCUT2D eigenvalue weighted by molar-refractivity contribution is 9.10. The second-order valence-electron chi connectivity index (χ2n) is 5.18. The van der Waals surface area contributed by atoms with Crippen molar-refractivity contribution in [1.82, 2.24) is 9.78 Å². The number of hydrogen-bond acceptors (Lipinski definition) is 1. The molecule has 7 heteroatoms. The minimum absolute atomic E-state index is 0.196. The van der Waals surface area contributed by atoms with Crippen molar-refractivity contribution in [3.63, 3.8) is 0 Å². The first-order chi connectivity index (χ1) is 9.99. The quantitative estimate of drug-likeness (QED) is 0.807. The molecule has 0 amide bonds. The van der Waals surface area contributed by atoms with Crippen LogP contribution in [0.25, 0.3) is 5.69 Å². The Bertz CT molecular complexity index is 747. The smallest absolute Gasteiger partial charge is 0.285 e. The standard InChI is InChI=1S/C14H12BrF3N2O/c15-12-13(7-3-1-2-4-7)19-20(14(12)21)11-6-9(17)8(16)5-10(11)18/h5-7,19H,1-4H2. The number of nitrogens with one attached hydrogen (secondary N) is 1. The van der Waals surface area contributed by atoms with E-state index in [0.29, 0.717) is 22.3 Å². The second kappa shape index (κ2) is 5.36. The zero-order chi connectivity index (χ0) is 15.1. The summed E-state index contributed by atoms with van der Waals surface area (Å²) in [7, 11) is 0. The fraction of sp³-hybridized carbons (Fsp3) is 0.357. The number of aromatic nitrogens is 2. The van der Waals surface area contributed by atoms with Crippen molar-refractivity contribution in [1.29, 1.82) is 0 Å². The molecule has 0 radical (unpaired) electrons. The van der Waals surface area contributed by atoms with Gasteiger partial charge in [0.1, 0.15) is 10.2 Å². The normalized spacial score (nSPS) is 15.8. The van der Waals surface area contributed by atoms with Crippen LogP contribution in [0.3, 0.4) is 0 Å². The van der Waals surface area contributed by atoms with E-state index in [2.05, 4.69) is 21.0 Å². The van der Waals surface area contributed by atoms with Crippen LogP contribution in [0.1, 0.15) is 37.3 Å². The molecule has 0 bridgehead atoms. The molecule has 0 aliphatic heterocycles. The lowest BCUT2D eigenvalue weighted by Crippen LogP contribution is -2.16. The molecule has 0 unspecified atom stereocenters. The lowest BCUT2D eigenvalue weighted by atomic mass is 10.1. The molecule has 3 nitrogen and oxygen atoms in total. The number of rotatable bonds is 2. The molecule has 0 spiro atoms. The average Bonchev–Trinajstić information content (AvgIpc) is 3.05. The second-order valence-corrected chi connectivity index (χ2v) is 5.97. The summed E-state index contributed by atoms with van der Waals surface area (Å²) < 4.78 is 41.3. The number of halogens is 4. The van der Waals surface area contributed by atoms with Gasteiger partial charge in [-0.25, -0.2) is 17.9 Å². The van der Waals surface area contributed by atoms with Gasteiger partial charge in [-0.15, -0.1) is 0 Å². The van der Waals surface area contributed by atoms with Crippen molar-refractivity contribution < 1.29 is 13.2 Å². The van der Waals surface area contributed by atoms with Gasteiger partial charge in [-0.05, 0) is 28.8 Å². The largest absolute Gasteiger partial charge is 0.293 e. The van der Waals surface area contributed by atoms with E-state index in [1.165, 1.54) is 0 Å². The Labute approximate surface area is 126 Å². The van der Waals surface area contributed by atoms with Gasteiger partial charge in [0, 0.05) is 18.1 Å². The Morgan fingerprint density at radius 1 is 1.10 bits per heavy atom. The van der Waals surface area contributed by atoms with Crippen LogP contribution in [-0.4, -0.2) is 9.78 Å². The third kappa shape index (κ3) is 2.43. The van der Waals surface area contributed by atoms with Gasteiger partial charge in [-0.3, -0.25) is 9.89 Å². The summed E-state index contributed by atoms with van der Waals surface area (Å²) in [5.74, 6) is -3.29. The first-order valence-corrected chi connectivity index (χ1v) is 7.43. The summed E-state index contributed by atoms with van der Waals surface area (Å²) in [5.41, 5.74) is -0.160. The van der Waals surface area contributed by atoms with Gasteiger partial charge in [0.15, 0.2) is 17.5 Å². The summed E-state index contributed by atoms with van der Waals surface area (Å²) >= 11 is 3.21. The van der Waals surface area contributed by atoms with Gasteiger partial charge in [0.05, 0.1) is 5.69 Å². The molecule has 1 aromatic carbocycles. The van der Waals surface area contributed by atoms with Gasteiger partial charge in [0.2, 0.25) is 0 Å². The highest BCUT2D eigenvalue weighted by atomic mass is 79.9. The molecule has 112 valence electrons. The molecule has 1 N–H and O–H groups in total. The molecule has 3 rings (SSSR count). The first-order valence-electron chi connectivity index (χ1n) is 6.64. The first kappa shape index (κ1) is 14.4. The molecule has 1 fully saturated rings. The molecule has 1 saturated carbocycles. The lowest BCUT2D eigenvalue weighted by molar-refractivity contribution is 0.490. The zero-order valence-corrected chi connectivity index (χ0v) is 12.5. The minimum atomic E-state index is -1.29. The van der Waals surface area contributed by atoms with Crippen LogP contribution in [0.15, 0.2) is 21.4 Å². The molecule has 21 heavy (non-hydrogen) atoms. The van der Waals surface area contributed by atoms with Crippen molar-refractivity contribution in [2.24, 2.45) is 0 Å². The third-order valence-corrected chi connectivity index (χ3v) is 4.62. The SMILES string of the molecule is O=c1c(Br)c(C2CCCC2)[nH]n1-c1cc(F)c(F)cc1F. The Morgan fingerprint density at radius 3 is 2.38 bits per heavy atom. The lowest BCUT2D eigenvalue weighted by Gasteiger charge is -2.08. The average molecular weight is 361 g/mol. The van der Waals surface area contributed by atoms with E-state index in [0.717, 1.165) is 30.4 Å². The fourth-order valence-electron chi connectivity index (χ4n) is 2.77. The van der Waals surface area contributed by atoms with Crippen LogP contribution >= 0.6 is 15.9 Å². The summed E-state index contributed by atoms with van der Waals surface area (Å²) in [5, 5.41) is 2.82. The van der Waals surface area contributed by atoms with Gasteiger partial charge >= 0.3 is 0 Å². The number of hydrogen-bond donors (Lipinski definition) is 1. The molecule has 1 heterocycles. The highest BCUT2D eigenvalue weighted by Gasteiger charge is 2.25. The van der Waals surface area contributed by atoms with Gasteiger partial charge in [-0.2, -0.15) is 0 Å². The van der Waals surface area contributed by atoms with Crippen LogP contribution in [0, 0.1) is 17.5 Å². The predicted molar refractivity (Wildman–Crippen MR) is 75.2 cm³/mol. The van der Waals surface area contributed by atoms with E-state index in [9.17, 15) is 18.0 Å². The van der Waals surface area contributed by atoms with Crippen LogP contribution in [0.4, 0.5) is 13.2 Å². The predicted octanol–water partition coefficient (Wildman–Crippen LogP) is 4.00. The maximum absolute atomic E-state index is 13.8. The monoisotopic (exact) mass is 360 g/mol. The molecular weight excluding hydrogens is 349 g/mol. The zero-order valence-electron chi connectivity index (χ0n) is 10.9. The maximum Gasteiger partial charge on any atom is 0.285 e. The van der Waals surface area contributed by atoms with E-state index in [4.69, 9.17) is 0 Å². The van der Waals surface area contributed by atoms with Crippen LogP contribution in [0.5, 0.6) is 0 Å². The molecule has 1 aromatic heterocycles. The number of H-pyrrole nitrogens is 1. The summed E-state index contributed by atoms with van der Waals surface area (Å²) in [6, 6.07) is 1.11. The molecule has 0 atom stereocenters. The number of aromatic amines is 1. The van der Waals surface area contributed by atoms with Crippen molar-refractivity contribution in [2.45, 2.75) is 31.6 Å². The Morgan fingerprint density at radius 2 is 1.71 bits per heavy atom. The van der Waals surface area contributed by atoms with Crippen molar-refractivity contribution in [2.75, 3.05) is 0 Å². The highest BCUT2D eigenvalue weighted by Crippen LogP contribution is 2.35. The molecule has 2 aromatic rings. The van der Waals surface area contributed by atoms with Crippen LogP contribution < -0.4 is 5.56 Å². The minimum Gasteiger partial charge on any atom is -0.293 e. The van der Waals surface area contributed by atoms with Crippen LogP contribution in [0.2, 0.25) is 0 Å². The van der Waals surface area contributed by atoms with Crippen LogP contribution in [-0.2, 0) is 0 Å². The molecule has 0 saturated heterocycles. The number of benzene rings is 1.